The topological polar surface area (TPSA) is 63.6 Å². The molecule has 183 valence electrons. The van der Waals surface area contributed by atoms with Gasteiger partial charge in [0.25, 0.3) is 0 Å². The first kappa shape index (κ1) is 30.1. The Morgan fingerprint density at radius 1 is 0.824 bits per heavy atom. The number of esters is 1. The largest absolute Gasteiger partial charge is 0.478 e. The molecule has 0 bridgehead atoms. The Morgan fingerprint density at radius 3 is 1.76 bits per heavy atom. The van der Waals surface area contributed by atoms with Gasteiger partial charge in [-0.15, -0.1) is 0 Å². The number of aromatic carboxylic acids is 1. The van der Waals surface area contributed by atoms with E-state index in [-0.39, 0.29) is 5.97 Å². The summed E-state index contributed by atoms with van der Waals surface area (Å²) in [6.07, 6.45) is 0. The van der Waals surface area contributed by atoms with Gasteiger partial charge in [0.1, 0.15) is 0 Å². The van der Waals surface area contributed by atoms with Crippen LogP contribution in [0, 0.1) is 0 Å². The van der Waals surface area contributed by atoms with Crippen LogP contribution in [0.15, 0.2) is 42.5 Å². The molecule has 0 aliphatic rings. The predicted octanol–water partition coefficient (Wildman–Crippen LogP) is 4.70. The minimum absolute atomic E-state index is 0.264. The van der Waals surface area contributed by atoms with Crippen LogP contribution in [0.2, 0.25) is 22.2 Å². The number of carboxylic acid groups (broad SMARTS) is 1. The van der Waals surface area contributed by atoms with Crippen LogP contribution in [0.3, 0.4) is 0 Å². The molecule has 2 rings (SSSR count). The summed E-state index contributed by atoms with van der Waals surface area (Å²) in [5.41, 5.74) is 3.62. The Balaban J connectivity index is 0.000000340. The SMILES string of the molecule is CC(C)[Si]c1ccc(C(=O)O)c([Si]C(C)C)c1.COC(=O)c1ccc([Si](C(C)C)C(C)C)cc1. The smallest absolute Gasteiger partial charge is 0.337 e. The zero-order chi connectivity index (χ0) is 26.0. The highest BCUT2D eigenvalue weighted by Crippen LogP contribution is 2.20. The van der Waals surface area contributed by atoms with Crippen LogP contribution in [0.5, 0.6) is 0 Å². The molecule has 0 aliphatic heterocycles. The third-order valence-corrected chi connectivity index (χ3v) is 11.0. The maximum Gasteiger partial charge on any atom is 0.337 e. The van der Waals surface area contributed by atoms with Crippen molar-refractivity contribution in [2.75, 3.05) is 7.11 Å². The quantitative estimate of drug-likeness (QED) is 0.392. The second kappa shape index (κ2) is 14.4. The van der Waals surface area contributed by atoms with Crippen LogP contribution in [0.4, 0.5) is 0 Å². The molecule has 2 aromatic carbocycles. The Kier molecular flexibility index (Phi) is 12.8. The van der Waals surface area contributed by atoms with E-state index in [0.717, 1.165) is 14.7 Å². The lowest BCUT2D eigenvalue weighted by molar-refractivity contribution is 0.0600. The molecular formula is C27H39O4Si3. The number of rotatable bonds is 9. The fraction of sp³-hybridized carbons (Fsp3) is 0.481. The highest BCUT2D eigenvalue weighted by Gasteiger charge is 2.22. The second-order valence-corrected chi connectivity index (χ2v) is 17.3. The van der Waals surface area contributed by atoms with Gasteiger partial charge in [0.05, 0.1) is 46.1 Å². The van der Waals surface area contributed by atoms with Crippen molar-refractivity contribution in [1.82, 2.24) is 0 Å². The molecule has 34 heavy (non-hydrogen) atoms. The van der Waals surface area contributed by atoms with Crippen molar-refractivity contribution < 1.29 is 19.4 Å². The third kappa shape index (κ3) is 9.72. The van der Waals surface area contributed by atoms with E-state index in [2.05, 4.69) is 73.6 Å². The zero-order valence-corrected chi connectivity index (χ0v) is 25.0. The molecule has 0 atom stereocenters. The molecule has 0 spiro atoms. The van der Waals surface area contributed by atoms with E-state index in [1.165, 1.54) is 17.5 Å². The molecule has 0 amide bonds. The van der Waals surface area contributed by atoms with Gasteiger partial charge in [-0.1, -0.05) is 101 Å². The molecule has 1 N–H and O–H groups in total. The highest BCUT2D eigenvalue weighted by molar-refractivity contribution is 6.75. The molecule has 0 fully saturated rings. The Bertz CT molecular complexity index is 914. The molecule has 2 aromatic rings. The summed E-state index contributed by atoms with van der Waals surface area (Å²) < 4.78 is 4.70. The first-order valence-corrected chi connectivity index (χ1v) is 15.6. The van der Waals surface area contributed by atoms with Gasteiger partial charge in [-0.2, -0.15) is 0 Å². The zero-order valence-electron chi connectivity index (χ0n) is 22.0. The fourth-order valence-electron chi connectivity index (χ4n) is 3.83. The van der Waals surface area contributed by atoms with Gasteiger partial charge in [-0.25, -0.2) is 9.59 Å². The van der Waals surface area contributed by atoms with E-state index in [9.17, 15) is 9.59 Å². The van der Waals surface area contributed by atoms with Crippen molar-refractivity contribution in [2.45, 2.75) is 77.6 Å². The van der Waals surface area contributed by atoms with Crippen LogP contribution in [0.25, 0.3) is 0 Å². The van der Waals surface area contributed by atoms with E-state index in [1.807, 2.05) is 18.2 Å². The number of carboxylic acids is 1. The minimum atomic E-state index is -0.812. The van der Waals surface area contributed by atoms with Crippen molar-refractivity contribution >= 4 is 55.3 Å². The van der Waals surface area contributed by atoms with Crippen LogP contribution in [-0.2, 0) is 4.74 Å². The number of carbonyl (C=O) groups excluding carboxylic acids is 1. The Morgan fingerprint density at radius 2 is 1.35 bits per heavy atom. The molecule has 7 heteroatoms. The summed E-state index contributed by atoms with van der Waals surface area (Å²) in [6.45, 7) is 17.8. The van der Waals surface area contributed by atoms with Gasteiger partial charge in [-0.3, -0.25) is 0 Å². The molecule has 0 aliphatic carbocycles. The van der Waals surface area contributed by atoms with E-state index in [4.69, 9.17) is 9.84 Å². The molecule has 4 nitrogen and oxygen atoms in total. The van der Waals surface area contributed by atoms with Gasteiger partial charge < -0.3 is 9.84 Å². The van der Waals surface area contributed by atoms with Crippen molar-refractivity contribution in [3.63, 3.8) is 0 Å². The number of carbonyl (C=O) groups is 2. The van der Waals surface area contributed by atoms with Crippen LogP contribution >= 0.6 is 0 Å². The minimum Gasteiger partial charge on any atom is -0.478 e. The standard InChI is InChI=1S/C14H21O2Si.C13H18O2Si2/c1-10(2)17(11(3)4)13-8-6-12(7-9-13)14(15)16-5;1-8(2)16-10-5-6-11(13(14)15)12(7-10)17-9(3)4/h6-11H,1-5H3;5-9H,1-4H3,(H,14,15). The van der Waals surface area contributed by atoms with Crippen molar-refractivity contribution in [2.24, 2.45) is 0 Å². The lowest BCUT2D eigenvalue weighted by Gasteiger charge is -2.23. The maximum atomic E-state index is 11.3. The second-order valence-electron chi connectivity index (χ2n) is 9.50. The normalized spacial score (nSPS) is 11.2. The van der Waals surface area contributed by atoms with Gasteiger partial charge in [0.15, 0.2) is 0 Å². The molecule has 0 unspecified atom stereocenters. The van der Waals surface area contributed by atoms with E-state index < -0.39 is 14.8 Å². The monoisotopic (exact) mass is 511 g/mol. The number of hydrogen-bond acceptors (Lipinski definition) is 3. The third-order valence-electron chi connectivity index (χ3n) is 5.03. The van der Waals surface area contributed by atoms with Gasteiger partial charge in [-0.05, 0) is 34.5 Å². The van der Waals surface area contributed by atoms with Crippen molar-refractivity contribution in [3.05, 3.63) is 53.6 Å². The summed E-state index contributed by atoms with van der Waals surface area (Å²) >= 11 is 0. The number of hydrogen-bond donors (Lipinski definition) is 1. The van der Waals surface area contributed by atoms with E-state index >= 15 is 0 Å². The summed E-state index contributed by atoms with van der Waals surface area (Å²) in [5, 5.41) is 12.8. The predicted molar refractivity (Wildman–Crippen MR) is 148 cm³/mol. The van der Waals surface area contributed by atoms with E-state index in [1.54, 1.807) is 6.07 Å². The summed E-state index contributed by atoms with van der Waals surface area (Å²) in [6, 6.07) is 13.7. The van der Waals surface area contributed by atoms with Crippen molar-refractivity contribution in [1.29, 1.82) is 0 Å². The lowest BCUT2D eigenvalue weighted by Crippen LogP contribution is -2.35. The molecule has 5 radical (unpaired) electrons. The summed E-state index contributed by atoms with van der Waals surface area (Å²) in [5.74, 6) is -1.08. The molecule has 0 saturated heterocycles. The van der Waals surface area contributed by atoms with Crippen LogP contribution < -0.4 is 15.6 Å². The average molecular weight is 512 g/mol. The molecule has 0 saturated carbocycles. The maximum absolute atomic E-state index is 11.3. The van der Waals surface area contributed by atoms with Gasteiger partial charge >= 0.3 is 11.9 Å². The average Bonchev–Trinajstić information content (AvgIpc) is 2.72. The molecular weight excluding hydrogens is 473 g/mol. The molecule has 0 heterocycles. The fourth-order valence-corrected chi connectivity index (χ4v) is 9.48. The van der Waals surface area contributed by atoms with Crippen molar-refractivity contribution in [3.8, 4) is 0 Å². The number of methoxy groups -OCH3 is 1. The Hall–Kier alpha value is -1.97. The van der Waals surface area contributed by atoms with Gasteiger partial charge in [0, 0.05) is 0 Å². The Labute approximate surface area is 212 Å². The van der Waals surface area contributed by atoms with Crippen LogP contribution in [-0.4, -0.2) is 52.0 Å². The number of ether oxygens (including phenoxy) is 1. The lowest BCUT2D eigenvalue weighted by atomic mass is 10.2. The summed E-state index contributed by atoms with van der Waals surface area (Å²) in [7, 11) is 2.18. The van der Waals surface area contributed by atoms with Crippen LogP contribution in [0.1, 0.15) is 76.1 Å². The highest BCUT2D eigenvalue weighted by atomic mass is 28.3. The van der Waals surface area contributed by atoms with E-state index in [0.29, 0.717) is 42.8 Å². The first-order chi connectivity index (χ1) is 15.9. The number of benzene rings is 2. The van der Waals surface area contributed by atoms with Gasteiger partial charge in [0.2, 0.25) is 0 Å². The first-order valence-electron chi connectivity index (χ1n) is 11.8. The summed E-state index contributed by atoms with van der Waals surface area (Å²) in [4.78, 5) is 22.5. The molecule has 0 aromatic heterocycles.